The van der Waals surface area contributed by atoms with Gasteiger partial charge in [0, 0.05) is 25.7 Å². The van der Waals surface area contributed by atoms with Crippen LogP contribution < -0.4 is 5.32 Å². The molecular formula is C18H36N2O. The van der Waals surface area contributed by atoms with E-state index >= 15 is 0 Å². The summed E-state index contributed by atoms with van der Waals surface area (Å²) < 4.78 is 5.90. The Morgan fingerprint density at radius 2 is 1.95 bits per heavy atom. The third-order valence-electron chi connectivity index (χ3n) is 5.47. The molecule has 0 bridgehead atoms. The van der Waals surface area contributed by atoms with E-state index in [0.29, 0.717) is 17.6 Å². The minimum atomic E-state index is 0.432. The first kappa shape index (κ1) is 17.2. The van der Waals surface area contributed by atoms with Crippen LogP contribution in [0.5, 0.6) is 0 Å². The molecule has 0 aromatic heterocycles. The van der Waals surface area contributed by atoms with Crippen molar-refractivity contribution in [3.63, 3.8) is 0 Å². The van der Waals surface area contributed by atoms with Crippen molar-refractivity contribution < 1.29 is 4.74 Å². The molecule has 0 spiro atoms. The van der Waals surface area contributed by atoms with Crippen molar-refractivity contribution in [2.45, 2.75) is 71.4 Å². The van der Waals surface area contributed by atoms with E-state index in [4.69, 9.17) is 4.74 Å². The van der Waals surface area contributed by atoms with Crippen LogP contribution in [0.25, 0.3) is 0 Å². The van der Waals surface area contributed by atoms with Crippen LogP contribution in [0, 0.1) is 11.3 Å². The second-order valence-corrected chi connectivity index (χ2v) is 7.89. The van der Waals surface area contributed by atoms with Crippen LogP contribution in [0.1, 0.15) is 59.3 Å². The van der Waals surface area contributed by atoms with Crippen molar-refractivity contribution in [1.29, 1.82) is 0 Å². The fourth-order valence-corrected chi connectivity index (χ4v) is 4.41. The van der Waals surface area contributed by atoms with Gasteiger partial charge in [-0.25, -0.2) is 0 Å². The molecule has 3 nitrogen and oxygen atoms in total. The lowest BCUT2D eigenvalue weighted by Gasteiger charge is -2.46. The normalized spacial score (nSPS) is 33.3. The van der Waals surface area contributed by atoms with Crippen molar-refractivity contribution >= 4 is 0 Å². The van der Waals surface area contributed by atoms with E-state index in [9.17, 15) is 0 Å². The Morgan fingerprint density at radius 3 is 2.62 bits per heavy atom. The van der Waals surface area contributed by atoms with Crippen LogP contribution in [-0.2, 0) is 4.74 Å². The van der Waals surface area contributed by atoms with Crippen molar-refractivity contribution in [1.82, 2.24) is 10.2 Å². The van der Waals surface area contributed by atoms with Gasteiger partial charge in [-0.3, -0.25) is 0 Å². The summed E-state index contributed by atoms with van der Waals surface area (Å²) in [6.07, 6.45) is 8.42. The molecular weight excluding hydrogens is 260 g/mol. The van der Waals surface area contributed by atoms with Crippen LogP contribution in [-0.4, -0.2) is 50.3 Å². The second-order valence-electron chi connectivity index (χ2n) is 7.89. The van der Waals surface area contributed by atoms with Crippen LogP contribution >= 0.6 is 0 Å². The smallest absolute Gasteiger partial charge is 0.0701 e. The van der Waals surface area contributed by atoms with Crippen LogP contribution in [0.15, 0.2) is 0 Å². The molecule has 3 atom stereocenters. The van der Waals surface area contributed by atoms with E-state index in [1.807, 2.05) is 0 Å². The number of nitrogens with zero attached hydrogens (tertiary/aromatic N) is 1. The van der Waals surface area contributed by atoms with E-state index < -0.39 is 0 Å². The van der Waals surface area contributed by atoms with Crippen molar-refractivity contribution in [2.75, 3.05) is 33.3 Å². The maximum absolute atomic E-state index is 5.90. The van der Waals surface area contributed by atoms with Gasteiger partial charge in [0.25, 0.3) is 0 Å². The molecule has 0 aromatic rings. The Bertz CT molecular complexity index is 300. The first-order chi connectivity index (χ1) is 10.0. The van der Waals surface area contributed by atoms with Crippen molar-refractivity contribution in [3.8, 4) is 0 Å². The molecule has 1 aliphatic heterocycles. The van der Waals surface area contributed by atoms with Gasteiger partial charge in [0.2, 0.25) is 0 Å². The molecule has 2 aliphatic rings. The van der Waals surface area contributed by atoms with E-state index in [1.54, 1.807) is 0 Å². The van der Waals surface area contributed by atoms with Crippen LogP contribution in [0.2, 0.25) is 0 Å². The SMILES string of the molecule is CCNC1C(CN(C)CC2CCCCO2)CCCC1(C)C. The summed E-state index contributed by atoms with van der Waals surface area (Å²) >= 11 is 0. The van der Waals surface area contributed by atoms with Gasteiger partial charge in [-0.1, -0.05) is 27.2 Å². The lowest BCUT2D eigenvalue weighted by atomic mass is 9.67. The molecule has 124 valence electrons. The topological polar surface area (TPSA) is 24.5 Å². The quantitative estimate of drug-likeness (QED) is 0.814. The number of ether oxygens (including phenoxy) is 1. The first-order valence-electron chi connectivity index (χ1n) is 9.06. The number of hydrogen-bond donors (Lipinski definition) is 1. The average molecular weight is 296 g/mol. The van der Waals surface area contributed by atoms with E-state index in [-0.39, 0.29) is 0 Å². The van der Waals surface area contributed by atoms with Gasteiger partial charge in [-0.2, -0.15) is 0 Å². The second kappa shape index (κ2) is 7.94. The minimum Gasteiger partial charge on any atom is -0.377 e. The monoisotopic (exact) mass is 296 g/mol. The maximum Gasteiger partial charge on any atom is 0.0701 e. The van der Waals surface area contributed by atoms with Gasteiger partial charge in [-0.05, 0) is 57.0 Å². The Labute approximate surface area is 131 Å². The Morgan fingerprint density at radius 1 is 1.14 bits per heavy atom. The number of hydrogen-bond acceptors (Lipinski definition) is 3. The summed E-state index contributed by atoms with van der Waals surface area (Å²) in [5.74, 6) is 0.780. The molecule has 1 saturated carbocycles. The van der Waals surface area contributed by atoms with Gasteiger partial charge in [0.15, 0.2) is 0 Å². The highest BCUT2D eigenvalue weighted by Crippen LogP contribution is 2.39. The summed E-state index contributed by atoms with van der Waals surface area (Å²) in [5, 5.41) is 3.78. The highest BCUT2D eigenvalue weighted by molar-refractivity contribution is 4.94. The lowest BCUT2D eigenvalue weighted by molar-refractivity contribution is -0.00823. The molecule has 0 radical (unpaired) electrons. The van der Waals surface area contributed by atoms with Crippen LogP contribution in [0.3, 0.4) is 0 Å². The zero-order valence-corrected chi connectivity index (χ0v) is 14.7. The average Bonchev–Trinajstić information content (AvgIpc) is 2.43. The number of likely N-dealkylation sites (N-methyl/N-ethyl adjacent to an activating group) is 1. The molecule has 1 aliphatic carbocycles. The Hall–Kier alpha value is -0.120. The highest BCUT2D eigenvalue weighted by atomic mass is 16.5. The van der Waals surface area contributed by atoms with Crippen molar-refractivity contribution in [3.05, 3.63) is 0 Å². The zero-order valence-electron chi connectivity index (χ0n) is 14.7. The molecule has 1 N–H and O–H groups in total. The molecule has 2 rings (SSSR count). The molecule has 1 saturated heterocycles. The third-order valence-corrected chi connectivity index (χ3v) is 5.47. The Balaban J connectivity index is 1.86. The summed E-state index contributed by atoms with van der Waals surface area (Å²) in [7, 11) is 2.28. The summed E-state index contributed by atoms with van der Waals surface area (Å²) in [6, 6.07) is 0.658. The van der Waals surface area contributed by atoms with Gasteiger partial charge >= 0.3 is 0 Å². The standard InChI is InChI=1S/C18H36N2O/c1-5-19-17-15(9-8-11-18(17,2)3)13-20(4)14-16-10-6-7-12-21-16/h15-17,19H,5-14H2,1-4H3. The lowest BCUT2D eigenvalue weighted by Crippen LogP contribution is -2.53. The summed E-state index contributed by atoms with van der Waals surface area (Å²) in [6.45, 7) is 11.5. The van der Waals surface area contributed by atoms with Gasteiger partial charge in [0.05, 0.1) is 6.10 Å². The molecule has 1 heterocycles. The molecule has 3 unspecified atom stereocenters. The third kappa shape index (κ3) is 4.94. The molecule has 0 amide bonds. The fourth-order valence-electron chi connectivity index (χ4n) is 4.41. The molecule has 2 fully saturated rings. The van der Waals surface area contributed by atoms with Gasteiger partial charge < -0.3 is 15.0 Å². The zero-order chi connectivity index (χ0) is 15.3. The van der Waals surface area contributed by atoms with Gasteiger partial charge in [0.1, 0.15) is 0 Å². The number of rotatable bonds is 6. The maximum atomic E-state index is 5.90. The predicted molar refractivity (Wildman–Crippen MR) is 89.7 cm³/mol. The largest absolute Gasteiger partial charge is 0.377 e. The fraction of sp³-hybridized carbons (Fsp3) is 1.00. The first-order valence-corrected chi connectivity index (χ1v) is 9.06. The summed E-state index contributed by atoms with van der Waals surface area (Å²) in [4.78, 5) is 2.52. The molecule has 0 aromatic carbocycles. The van der Waals surface area contributed by atoms with Gasteiger partial charge in [-0.15, -0.1) is 0 Å². The van der Waals surface area contributed by atoms with E-state index in [2.05, 4.69) is 38.0 Å². The summed E-state index contributed by atoms with van der Waals surface area (Å²) in [5.41, 5.74) is 0.432. The van der Waals surface area contributed by atoms with E-state index in [0.717, 1.165) is 25.6 Å². The number of nitrogens with one attached hydrogen (secondary N) is 1. The minimum absolute atomic E-state index is 0.432. The predicted octanol–water partition coefficient (Wildman–Crippen LogP) is 3.29. The van der Waals surface area contributed by atoms with Crippen molar-refractivity contribution in [2.24, 2.45) is 11.3 Å². The van der Waals surface area contributed by atoms with Crippen LogP contribution in [0.4, 0.5) is 0 Å². The molecule has 3 heteroatoms. The highest BCUT2D eigenvalue weighted by Gasteiger charge is 2.38. The van der Waals surface area contributed by atoms with E-state index in [1.165, 1.54) is 45.1 Å². The molecule has 21 heavy (non-hydrogen) atoms. The Kier molecular flexibility index (Phi) is 6.51.